The van der Waals surface area contributed by atoms with Crippen LogP contribution in [0.15, 0.2) is 30.3 Å². The summed E-state index contributed by atoms with van der Waals surface area (Å²) >= 11 is 1.27. The Labute approximate surface area is 121 Å². The second-order valence-corrected chi connectivity index (χ2v) is 5.59. The Morgan fingerprint density at radius 2 is 2.10 bits per heavy atom. The van der Waals surface area contributed by atoms with Crippen molar-refractivity contribution in [1.29, 1.82) is 0 Å². The molecule has 1 aromatic carbocycles. The topological polar surface area (TPSA) is 58.4 Å². The van der Waals surface area contributed by atoms with Crippen molar-refractivity contribution < 1.29 is 9.18 Å². The van der Waals surface area contributed by atoms with E-state index in [1.807, 2.05) is 0 Å². The first-order valence-electron chi connectivity index (χ1n) is 6.07. The van der Waals surface area contributed by atoms with Gasteiger partial charge in [0, 0.05) is 26.2 Å². The second kappa shape index (κ2) is 5.92. The lowest BCUT2D eigenvalue weighted by Gasteiger charge is -2.08. The summed E-state index contributed by atoms with van der Waals surface area (Å²) in [4.78, 5) is 13.8. The Morgan fingerprint density at radius 1 is 1.40 bits per heavy atom. The summed E-state index contributed by atoms with van der Waals surface area (Å²) in [5.41, 5.74) is 6.83. The summed E-state index contributed by atoms with van der Waals surface area (Å²) in [6, 6.07) is 8.26. The number of halogens is 1. The lowest BCUT2D eigenvalue weighted by molar-refractivity contribution is 0.0833. The van der Waals surface area contributed by atoms with E-state index in [0.29, 0.717) is 22.7 Å². The minimum atomic E-state index is -0.255. The minimum absolute atomic E-state index is 0.133. The second-order valence-electron chi connectivity index (χ2n) is 4.54. The molecular weight excluding hydrogens is 277 g/mol. The van der Waals surface area contributed by atoms with Crippen LogP contribution in [0.1, 0.15) is 15.2 Å². The van der Waals surface area contributed by atoms with Crippen LogP contribution in [0.3, 0.4) is 0 Å². The molecule has 0 saturated heterocycles. The van der Waals surface area contributed by atoms with Crippen molar-refractivity contribution in [1.82, 2.24) is 4.90 Å². The zero-order chi connectivity index (χ0) is 14.7. The van der Waals surface area contributed by atoms with Gasteiger partial charge in [0.25, 0.3) is 5.91 Å². The molecule has 2 aromatic rings. The molecule has 1 aromatic heterocycles. The van der Waals surface area contributed by atoms with Crippen molar-refractivity contribution in [2.45, 2.75) is 6.54 Å². The molecule has 106 valence electrons. The SMILES string of the molecule is CN(C)C(=O)c1sc(NCc2ccccc2F)cc1N. The lowest BCUT2D eigenvalue weighted by Crippen LogP contribution is -2.21. The van der Waals surface area contributed by atoms with Crippen molar-refractivity contribution in [3.8, 4) is 0 Å². The summed E-state index contributed by atoms with van der Waals surface area (Å²) in [6.07, 6.45) is 0. The van der Waals surface area contributed by atoms with Gasteiger partial charge >= 0.3 is 0 Å². The van der Waals surface area contributed by atoms with E-state index in [1.54, 1.807) is 38.4 Å². The number of nitrogens with two attached hydrogens (primary N) is 1. The number of anilines is 2. The number of nitrogen functional groups attached to an aromatic ring is 1. The van der Waals surface area contributed by atoms with Crippen LogP contribution in [-0.2, 0) is 6.54 Å². The normalized spacial score (nSPS) is 10.3. The molecule has 1 heterocycles. The fourth-order valence-electron chi connectivity index (χ4n) is 1.69. The van der Waals surface area contributed by atoms with Crippen LogP contribution in [0.2, 0.25) is 0 Å². The Bertz CT molecular complexity index is 625. The standard InChI is InChI=1S/C14H16FN3OS/c1-18(2)14(19)13-11(16)7-12(20-13)17-8-9-5-3-4-6-10(9)15/h3-7,17H,8,16H2,1-2H3. The molecule has 0 fully saturated rings. The maximum Gasteiger partial charge on any atom is 0.265 e. The molecule has 2 rings (SSSR count). The van der Waals surface area contributed by atoms with Crippen molar-refractivity contribution in [3.63, 3.8) is 0 Å². The molecule has 6 heteroatoms. The Balaban J connectivity index is 2.10. The molecule has 0 bridgehead atoms. The van der Waals surface area contributed by atoms with Crippen LogP contribution in [-0.4, -0.2) is 24.9 Å². The highest BCUT2D eigenvalue weighted by Crippen LogP contribution is 2.30. The number of hydrogen-bond donors (Lipinski definition) is 2. The summed E-state index contributed by atoms with van der Waals surface area (Å²) in [5, 5.41) is 3.83. The van der Waals surface area contributed by atoms with E-state index >= 15 is 0 Å². The Morgan fingerprint density at radius 3 is 2.75 bits per heavy atom. The summed E-state index contributed by atoms with van der Waals surface area (Å²) in [6.45, 7) is 0.349. The number of thiophene rings is 1. The fourth-order valence-corrected chi connectivity index (χ4v) is 2.68. The highest BCUT2D eigenvalue weighted by atomic mass is 32.1. The maximum atomic E-state index is 13.5. The van der Waals surface area contributed by atoms with Crippen molar-refractivity contribution >= 4 is 27.9 Å². The van der Waals surface area contributed by atoms with Gasteiger partial charge in [0.2, 0.25) is 0 Å². The van der Waals surface area contributed by atoms with E-state index in [1.165, 1.54) is 22.3 Å². The predicted octanol–water partition coefficient (Wildman–Crippen LogP) is 2.78. The third-order valence-electron chi connectivity index (χ3n) is 2.77. The molecule has 0 saturated carbocycles. The van der Waals surface area contributed by atoms with Crippen LogP contribution in [0, 0.1) is 5.82 Å². The molecule has 1 amide bonds. The average Bonchev–Trinajstić information content (AvgIpc) is 2.78. The smallest absolute Gasteiger partial charge is 0.265 e. The number of nitrogens with zero attached hydrogens (tertiary/aromatic N) is 1. The van der Waals surface area contributed by atoms with Gasteiger partial charge in [-0.1, -0.05) is 18.2 Å². The van der Waals surface area contributed by atoms with Crippen molar-refractivity contribution in [2.75, 3.05) is 25.1 Å². The number of hydrogen-bond acceptors (Lipinski definition) is 4. The highest BCUT2D eigenvalue weighted by molar-refractivity contribution is 7.18. The number of nitrogens with one attached hydrogen (secondary N) is 1. The van der Waals surface area contributed by atoms with Crippen LogP contribution in [0.4, 0.5) is 15.1 Å². The van der Waals surface area contributed by atoms with Gasteiger partial charge in [0.05, 0.1) is 10.7 Å². The first-order valence-corrected chi connectivity index (χ1v) is 6.89. The number of rotatable bonds is 4. The molecule has 0 aliphatic rings. The van der Waals surface area contributed by atoms with Gasteiger partial charge in [-0.3, -0.25) is 4.79 Å². The average molecular weight is 293 g/mol. The highest BCUT2D eigenvalue weighted by Gasteiger charge is 2.16. The molecule has 3 N–H and O–H groups in total. The van der Waals surface area contributed by atoms with E-state index < -0.39 is 0 Å². The first kappa shape index (κ1) is 14.3. The molecule has 0 aliphatic heterocycles. The summed E-state index contributed by atoms with van der Waals surface area (Å²) < 4.78 is 13.5. The van der Waals surface area contributed by atoms with Gasteiger partial charge in [-0.15, -0.1) is 11.3 Å². The fraction of sp³-hybridized carbons (Fsp3) is 0.214. The number of carbonyl (C=O) groups excluding carboxylic acids is 1. The van der Waals surface area contributed by atoms with Gasteiger partial charge in [-0.2, -0.15) is 0 Å². The zero-order valence-corrected chi connectivity index (χ0v) is 12.1. The van der Waals surface area contributed by atoms with E-state index in [4.69, 9.17) is 5.73 Å². The largest absolute Gasteiger partial charge is 0.397 e. The minimum Gasteiger partial charge on any atom is -0.397 e. The van der Waals surface area contributed by atoms with Crippen LogP contribution in [0.25, 0.3) is 0 Å². The molecule has 0 atom stereocenters. The number of carbonyl (C=O) groups is 1. The van der Waals surface area contributed by atoms with Gasteiger partial charge in [-0.25, -0.2) is 4.39 Å². The third kappa shape index (κ3) is 3.08. The lowest BCUT2D eigenvalue weighted by atomic mass is 10.2. The van der Waals surface area contributed by atoms with Gasteiger partial charge in [-0.05, 0) is 12.1 Å². The quantitative estimate of drug-likeness (QED) is 0.911. The van der Waals surface area contributed by atoms with Crippen molar-refractivity contribution in [3.05, 3.63) is 46.6 Å². The molecular formula is C14H16FN3OS. The maximum absolute atomic E-state index is 13.5. The molecule has 0 spiro atoms. The summed E-state index contributed by atoms with van der Waals surface area (Å²) in [7, 11) is 3.35. The van der Waals surface area contributed by atoms with E-state index in [0.717, 1.165) is 5.00 Å². The monoisotopic (exact) mass is 293 g/mol. The predicted molar refractivity (Wildman–Crippen MR) is 80.5 cm³/mol. The number of benzene rings is 1. The van der Waals surface area contributed by atoms with Crippen LogP contribution < -0.4 is 11.1 Å². The third-order valence-corrected chi connectivity index (χ3v) is 3.87. The van der Waals surface area contributed by atoms with E-state index in [9.17, 15) is 9.18 Å². The van der Waals surface area contributed by atoms with Gasteiger partial charge in [0.15, 0.2) is 0 Å². The first-order chi connectivity index (χ1) is 9.49. The summed E-state index contributed by atoms with van der Waals surface area (Å²) in [5.74, 6) is -0.388. The molecule has 0 unspecified atom stereocenters. The van der Waals surface area contributed by atoms with Crippen LogP contribution >= 0.6 is 11.3 Å². The zero-order valence-electron chi connectivity index (χ0n) is 11.3. The van der Waals surface area contributed by atoms with Crippen LogP contribution in [0.5, 0.6) is 0 Å². The van der Waals surface area contributed by atoms with Gasteiger partial charge < -0.3 is 16.0 Å². The molecule has 4 nitrogen and oxygen atoms in total. The Kier molecular flexibility index (Phi) is 4.24. The molecule has 0 aliphatic carbocycles. The van der Waals surface area contributed by atoms with E-state index in [2.05, 4.69) is 5.32 Å². The molecule has 20 heavy (non-hydrogen) atoms. The number of amides is 1. The van der Waals surface area contributed by atoms with Crippen molar-refractivity contribution in [2.24, 2.45) is 0 Å². The Hall–Kier alpha value is -2.08. The van der Waals surface area contributed by atoms with Gasteiger partial charge in [0.1, 0.15) is 10.7 Å². The molecule has 0 radical (unpaired) electrons. The van der Waals surface area contributed by atoms with E-state index in [-0.39, 0.29) is 11.7 Å².